The number of rotatable bonds is 7. The number of benzene rings is 2. The Morgan fingerprint density at radius 1 is 0.907 bits per heavy atom. The highest BCUT2D eigenvalue weighted by Gasteiger charge is 2.40. The topological polar surface area (TPSA) is 63.1 Å². The Bertz CT molecular complexity index is 1580. The van der Waals surface area contributed by atoms with Gasteiger partial charge < -0.3 is 4.98 Å². The molecule has 4 aliphatic rings. The van der Waals surface area contributed by atoms with Crippen LogP contribution in [0.3, 0.4) is 0 Å². The number of piperidine rings is 2. The zero-order valence-corrected chi connectivity index (χ0v) is 24.9. The van der Waals surface area contributed by atoms with Gasteiger partial charge in [-0.05, 0) is 136 Å². The minimum Gasteiger partial charge on any atom is -0.361 e. The Morgan fingerprint density at radius 3 is 2.42 bits per heavy atom. The van der Waals surface area contributed by atoms with E-state index in [1.165, 1.54) is 24.0 Å². The van der Waals surface area contributed by atoms with E-state index in [2.05, 4.69) is 39.2 Å². The van der Waals surface area contributed by atoms with E-state index in [-0.39, 0.29) is 11.7 Å². The Labute approximate surface area is 254 Å². The molecule has 2 atom stereocenters. The average Bonchev–Trinajstić information content (AvgIpc) is 3.58. The summed E-state index contributed by atoms with van der Waals surface area (Å²) in [6, 6.07) is 15.0. The van der Waals surface area contributed by atoms with Crippen LogP contribution in [-0.2, 0) is 17.9 Å². The van der Waals surface area contributed by atoms with Crippen LogP contribution in [0.5, 0.6) is 0 Å². The first-order valence-corrected chi connectivity index (χ1v) is 16.2. The highest BCUT2D eigenvalue weighted by atomic mass is 19.1. The number of aromatic nitrogens is 1. The van der Waals surface area contributed by atoms with Crippen molar-refractivity contribution >= 4 is 16.7 Å². The number of nitriles is 1. The van der Waals surface area contributed by atoms with Crippen LogP contribution >= 0.6 is 0 Å². The standard InChI is InChI=1S/C37H41FN4O/c38-33-5-1-26(2-6-33)23-41-13-9-25(10-14-41)17-31-20-30-19-29(4-7-34(30)37(31)43)28-11-15-42(16-12-28)24-32-22-40-36-8-3-27(21-39)18-35(32)36/h1-8,18,22,25,28,30-31,40H,9-17,19-20,23-24H2. The minimum atomic E-state index is -0.179. The molecule has 2 aliphatic heterocycles. The van der Waals surface area contributed by atoms with E-state index in [0.717, 1.165) is 87.8 Å². The normalized spacial score (nSPS) is 24.1. The Hall–Kier alpha value is -3.53. The van der Waals surface area contributed by atoms with Gasteiger partial charge in [-0.25, -0.2) is 4.39 Å². The number of allylic oxidation sites excluding steroid dienone is 4. The molecule has 6 heteroatoms. The molecule has 7 rings (SSSR count). The van der Waals surface area contributed by atoms with E-state index in [0.29, 0.717) is 29.1 Å². The number of H-pyrrole nitrogens is 1. The number of Topliss-reactive ketones (excluding diaryl/α,β-unsaturated/α-hetero) is 1. The first-order valence-electron chi connectivity index (χ1n) is 16.2. The third-order valence-corrected chi connectivity index (χ3v) is 10.7. The fraction of sp³-hybridized carbons (Fsp3) is 0.459. The number of nitrogens with zero attached hydrogens (tertiary/aromatic N) is 3. The lowest BCUT2D eigenvalue weighted by Gasteiger charge is -2.34. The van der Waals surface area contributed by atoms with E-state index >= 15 is 0 Å². The summed E-state index contributed by atoms with van der Waals surface area (Å²) in [5.41, 5.74) is 6.89. The molecular weight excluding hydrogens is 535 g/mol. The quantitative estimate of drug-likeness (QED) is 0.324. The molecule has 222 valence electrons. The van der Waals surface area contributed by atoms with Gasteiger partial charge in [0, 0.05) is 36.1 Å². The second kappa shape index (κ2) is 12.2. The molecule has 5 nitrogen and oxygen atoms in total. The monoisotopic (exact) mass is 576 g/mol. The maximum absolute atomic E-state index is 13.4. The molecule has 0 bridgehead atoms. The van der Waals surface area contributed by atoms with Crippen LogP contribution in [0.25, 0.3) is 10.9 Å². The van der Waals surface area contributed by atoms with Gasteiger partial charge in [0.15, 0.2) is 5.78 Å². The number of carbonyl (C=O) groups excluding carboxylic acids is 1. The summed E-state index contributed by atoms with van der Waals surface area (Å²) in [5, 5.41) is 10.5. The number of hydrogen-bond donors (Lipinski definition) is 1. The van der Waals surface area contributed by atoms with Crippen LogP contribution in [0.1, 0.15) is 61.6 Å². The molecule has 0 amide bonds. The molecular formula is C37H41FN4O. The van der Waals surface area contributed by atoms with Crippen molar-refractivity contribution in [2.45, 2.75) is 58.0 Å². The second-order valence-corrected chi connectivity index (χ2v) is 13.4. The number of nitrogens with one attached hydrogen (secondary N) is 1. The number of likely N-dealkylation sites (tertiary alicyclic amines) is 2. The summed E-state index contributed by atoms with van der Waals surface area (Å²) in [5.74, 6) is 2.08. The van der Waals surface area contributed by atoms with E-state index < -0.39 is 0 Å². The van der Waals surface area contributed by atoms with Gasteiger partial charge in [0.05, 0.1) is 11.6 Å². The molecule has 2 aliphatic carbocycles. The minimum absolute atomic E-state index is 0.179. The summed E-state index contributed by atoms with van der Waals surface area (Å²) < 4.78 is 13.2. The SMILES string of the molecule is N#Cc1ccc2[nH]cc(CN3CCC(C4=CC=C5C(=O)C(CC6CCN(Cc7ccc(F)cc7)CC6)CC5C4)CC3)c2c1. The molecule has 43 heavy (non-hydrogen) atoms. The second-order valence-electron chi connectivity index (χ2n) is 13.4. The number of carbonyl (C=O) groups is 1. The third-order valence-electron chi connectivity index (χ3n) is 10.7. The number of ketones is 1. The van der Waals surface area contributed by atoms with Gasteiger partial charge in [-0.15, -0.1) is 0 Å². The van der Waals surface area contributed by atoms with Crippen LogP contribution in [0.2, 0.25) is 0 Å². The van der Waals surface area contributed by atoms with Gasteiger partial charge >= 0.3 is 0 Å². The molecule has 2 saturated heterocycles. The van der Waals surface area contributed by atoms with Gasteiger partial charge in [-0.3, -0.25) is 14.6 Å². The third kappa shape index (κ3) is 6.12. The van der Waals surface area contributed by atoms with Crippen molar-refractivity contribution < 1.29 is 9.18 Å². The van der Waals surface area contributed by atoms with Crippen LogP contribution < -0.4 is 0 Å². The zero-order valence-electron chi connectivity index (χ0n) is 24.9. The van der Waals surface area contributed by atoms with Crippen molar-refractivity contribution in [3.8, 4) is 6.07 Å². The number of halogens is 1. The fourth-order valence-electron chi connectivity index (χ4n) is 8.19. The van der Waals surface area contributed by atoms with Crippen molar-refractivity contribution in [2.24, 2.45) is 23.7 Å². The van der Waals surface area contributed by atoms with E-state index in [4.69, 9.17) is 0 Å². The highest BCUT2D eigenvalue weighted by molar-refractivity contribution is 6.00. The number of fused-ring (bicyclic) bond motifs is 2. The molecule has 2 unspecified atom stereocenters. The smallest absolute Gasteiger partial charge is 0.162 e. The first kappa shape index (κ1) is 28.3. The Morgan fingerprint density at radius 2 is 1.65 bits per heavy atom. The molecule has 1 aromatic heterocycles. The molecule has 1 saturated carbocycles. The fourth-order valence-corrected chi connectivity index (χ4v) is 8.19. The average molecular weight is 577 g/mol. The van der Waals surface area contributed by atoms with Crippen molar-refractivity contribution in [1.29, 1.82) is 5.26 Å². The lowest BCUT2D eigenvalue weighted by molar-refractivity contribution is -0.118. The van der Waals surface area contributed by atoms with E-state index in [1.807, 2.05) is 30.3 Å². The predicted molar refractivity (Wildman–Crippen MR) is 167 cm³/mol. The Kier molecular flexibility index (Phi) is 8.03. The zero-order chi connectivity index (χ0) is 29.3. The van der Waals surface area contributed by atoms with Gasteiger partial charge in [0.25, 0.3) is 0 Å². The molecule has 3 aromatic rings. The van der Waals surface area contributed by atoms with Crippen molar-refractivity contribution in [2.75, 3.05) is 26.2 Å². The van der Waals surface area contributed by atoms with Crippen LogP contribution in [0, 0.1) is 40.8 Å². The first-order chi connectivity index (χ1) is 21.0. The van der Waals surface area contributed by atoms with E-state index in [1.54, 1.807) is 17.7 Å². The number of aromatic amines is 1. The van der Waals surface area contributed by atoms with E-state index in [9.17, 15) is 14.4 Å². The summed E-state index contributed by atoms with van der Waals surface area (Å²) in [6.45, 7) is 6.06. The molecule has 0 radical (unpaired) electrons. The van der Waals surface area contributed by atoms with Gasteiger partial charge in [0.2, 0.25) is 0 Å². The van der Waals surface area contributed by atoms with Crippen molar-refractivity contribution in [3.05, 3.63) is 94.5 Å². The lowest BCUT2D eigenvalue weighted by atomic mass is 9.79. The van der Waals surface area contributed by atoms with Crippen molar-refractivity contribution in [3.63, 3.8) is 0 Å². The molecule has 1 N–H and O–H groups in total. The van der Waals surface area contributed by atoms with Gasteiger partial charge in [-0.2, -0.15) is 5.26 Å². The van der Waals surface area contributed by atoms with Gasteiger partial charge in [0.1, 0.15) is 5.82 Å². The van der Waals surface area contributed by atoms with Gasteiger partial charge in [-0.1, -0.05) is 29.9 Å². The largest absolute Gasteiger partial charge is 0.361 e. The van der Waals surface area contributed by atoms with Crippen LogP contribution in [-0.4, -0.2) is 46.7 Å². The molecule has 3 fully saturated rings. The maximum atomic E-state index is 13.4. The summed E-state index contributed by atoms with van der Waals surface area (Å²) in [6.07, 6.45) is 14.3. The lowest BCUT2D eigenvalue weighted by Crippen LogP contribution is -2.34. The van der Waals surface area contributed by atoms with Crippen molar-refractivity contribution in [1.82, 2.24) is 14.8 Å². The summed E-state index contributed by atoms with van der Waals surface area (Å²) >= 11 is 0. The summed E-state index contributed by atoms with van der Waals surface area (Å²) in [4.78, 5) is 21.8. The highest BCUT2D eigenvalue weighted by Crippen LogP contribution is 2.45. The maximum Gasteiger partial charge on any atom is 0.162 e. The summed E-state index contributed by atoms with van der Waals surface area (Å²) in [7, 11) is 0. The molecule has 0 spiro atoms. The molecule has 2 aromatic carbocycles. The molecule has 3 heterocycles. The predicted octanol–water partition coefficient (Wildman–Crippen LogP) is 7.15. The van der Waals surface area contributed by atoms with Crippen LogP contribution in [0.4, 0.5) is 4.39 Å². The Balaban J connectivity index is 0.881. The number of hydrogen-bond acceptors (Lipinski definition) is 4. The van der Waals surface area contributed by atoms with Crippen LogP contribution in [0.15, 0.2) is 72.0 Å².